The summed E-state index contributed by atoms with van der Waals surface area (Å²) in [4.78, 5) is 10.6. The Morgan fingerprint density at radius 2 is 1.86 bits per heavy atom. The van der Waals surface area contributed by atoms with Crippen molar-refractivity contribution < 1.29 is 4.92 Å². The molecule has 0 saturated carbocycles. The molecule has 2 aromatic carbocycles. The van der Waals surface area contributed by atoms with Crippen LogP contribution in [0.2, 0.25) is 0 Å². The Hall–Kier alpha value is -2.36. The maximum Gasteiger partial charge on any atom is 0.274 e. The number of benzene rings is 2. The molecule has 21 heavy (non-hydrogen) atoms. The highest BCUT2D eigenvalue weighted by molar-refractivity contribution is 5.59. The summed E-state index contributed by atoms with van der Waals surface area (Å²) < 4.78 is 0. The average molecular weight is 284 g/mol. The van der Waals surface area contributed by atoms with E-state index in [-0.39, 0.29) is 10.6 Å². The van der Waals surface area contributed by atoms with E-state index < -0.39 is 0 Å². The summed E-state index contributed by atoms with van der Waals surface area (Å²) in [5.41, 5.74) is 3.01. The van der Waals surface area contributed by atoms with Crippen molar-refractivity contribution in [3.63, 3.8) is 0 Å². The van der Waals surface area contributed by atoms with Gasteiger partial charge in [-0.25, -0.2) is 0 Å². The standard InChI is InChI=1S/C17H20N2O2/c1-13(15-7-4-3-5-8-15)11-12-18-16-9-6-10-17(14(16)2)19(20)21/h3-10,13,18H,11-12H2,1-2H3. The van der Waals surface area contributed by atoms with Crippen LogP contribution >= 0.6 is 0 Å². The molecule has 0 aliphatic rings. The minimum Gasteiger partial charge on any atom is -0.385 e. The maximum absolute atomic E-state index is 10.9. The molecule has 110 valence electrons. The lowest BCUT2D eigenvalue weighted by Gasteiger charge is -2.14. The third-order valence-electron chi connectivity index (χ3n) is 3.76. The van der Waals surface area contributed by atoms with Crippen molar-refractivity contribution in [3.05, 3.63) is 69.8 Å². The fourth-order valence-corrected chi connectivity index (χ4v) is 2.38. The van der Waals surface area contributed by atoms with Crippen LogP contribution in [0.25, 0.3) is 0 Å². The zero-order valence-electron chi connectivity index (χ0n) is 12.4. The van der Waals surface area contributed by atoms with Gasteiger partial charge >= 0.3 is 0 Å². The van der Waals surface area contributed by atoms with Gasteiger partial charge in [-0.2, -0.15) is 0 Å². The Kier molecular flexibility index (Phi) is 4.93. The van der Waals surface area contributed by atoms with Crippen LogP contribution < -0.4 is 5.32 Å². The third-order valence-corrected chi connectivity index (χ3v) is 3.76. The van der Waals surface area contributed by atoms with Gasteiger partial charge in [0.05, 0.1) is 4.92 Å². The molecule has 0 radical (unpaired) electrons. The van der Waals surface area contributed by atoms with Crippen LogP contribution in [0.15, 0.2) is 48.5 Å². The van der Waals surface area contributed by atoms with Crippen molar-refractivity contribution in [2.45, 2.75) is 26.2 Å². The number of rotatable bonds is 6. The Morgan fingerprint density at radius 3 is 2.52 bits per heavy atom. The van der Waals surface area contributed by atoms with Crippen LogP contribution in [-0.2, 0) is 0 Å². The Morgan fingerprint density at radius 1 is 1.14 bits per heavy atom. The minimum atomic E-state index is -0.340. The van der Waals surface area contributed by atoms with Gasteiger partial charge in [0.1, 0.15) is 0 Å². The maximum atomic E-state index is 10.9. The van der Waals surface area contributed by atoms with Crippen molar-refractivity contribution in [1.82, 2.24) is 0 Å². The molecule has 0 aromatic heterocycles. The molecule has 1 N–H and O–H groups in total. The van der Waals surface area contributed by atoms with Gasteiger partial charge in [-0.3, -0.25) is 10.1 Å². The van der Waals surface area contributed by atoms with Gasteiger partial charge in [0.2, 0.25) is 0 Å². The molecule has 0 saturated heterocycles. The molecular formula is C17H20N2O2. The number of hydrogen-bond donors (Lipinski definition) is 1. The van der Waals surface area contributed by atoms with Crippen LogP contribution in [0.1, 0.15) is 30.4 Å². The first kappa shape index (κ1) is 15.0. The lowest BCUT2D eigenvalue weighted by molar-refractivity contribution is -0.385. The summed E-state index contributed by atoms with van der Waals surface area (Å²) >= 11 is 0. The molecule has 0 amide bonds. The Labute approximate surface area is 125 Å². The van der Waals surface area contributed by atoms with Crippen LogP contribution in [0.5, 0.6) is 0 Å². The quantitative estimate of drug-likeness (QED) is 0.627. The summed E-state index contributed by atoms with van der Waals surface area (Å²) in [6.45, 7) is 4.76. The van der Waals surface area contributed by atoms with Gasteiger partial charge in [-0.15, -0.1) is 0 Å². The smallest absolute Gasteiger partial charge is 0.274 e. The van der Waals surface area contributed by atoms with Gasteiger partial charge in [-0.1, -0.05) is 43.3 Å². The molecule has 2 aromatic rings. The predicted octanol–water partition coefficient (Wildman–Crippen LogP) is 4.51. The Bertz CT molecular complexity index is 611. The first-order chi connectivity index (χ1) is 10.1. The summed E-state index contributed by atoms with van der Waals surface area (Å²) in [6.07, 6.45) is 0.978. The number of nitrogens with zero attached hydrogens (tertiary/aromatic N) is 1. The summed E-state index contributed by atoms with van der Waals surface area (Å²) in [5, 5.41) is 14.2. The normalized spacial score (nSPS) is 11.9. The predicted molar refractivity (Wildman–Crippen MR) is 85.8 cm³/mol. The van der Waals surface area contributed by atoms with Gasteiger partial charge in [0.15, 0.2) is 0 Å². The van der Waals surface area contributed by atoms with E-state index in [0.717, 1.165) is 18.7 Å². The van der Waals surface area contributed by atoms with E-state index >= 15 is 0 Å². The second-order valence-corrected chi connectivity index (χ2v) is 5.23. The van der Waals surface area contributed by atoms with Gasteiger partial charge in [-0.05, 0) is 30.9 Å². The van der Waals surface area contributed by atoms with Gasteiger partial charge < -0.3 is 5.32 Å². The zero-order chi connectivity index (χ0) is 15.2. The number of nitro benzene ring substituents is 1. The van der Waals surface area contributed by atoms with Crippen molar-refractivity contribution in [2.24, 2.45) is 0 Å². The monoisotopic (exact) mass is 284 g/mol. The van der Waals surface area contributed by atoms with Gasteiger partial charge in [0.25, 0.3) is 5.69 Å². The fourth-order valence-electron chi connectivity index (χ4n) is 2.38. The lowest BCUT2D eigenvalue weighted by atomic mass is 9.98. The second kappa shape index (κ2) is 6.88. The SMILES string of the molecule is Cc1c(NCCC(C)c2ccccc2)cccc1[N+](=O)[O-]. The van der Waals surface area contributed by atoms with Crippen LogP contribution in [0.3, 0.4) is 0 Å². The zero-order valence-corrected chi connectivity index (χ0v) is 12.4. The molecule has 0 fully saturated rings. The van der Waals surface area contributed by atoms with Crippen molar-refractivity contribution in [2.75, 3.05) is 11.9 Å². The molecule has 1 unspecified atom stereocenters. The van der Waals surface area contributed by atoms with E-state index in [1.165, 1.54) is 11.6 Å². The van der Waals surface area contributed by atoms with E-state index in [9.17, 15) is 10.1 Å². The molecule has 4 nitrogen and oxygen atoms in total. The molecule has 0 aliphatic carbocycles. The van der Waals surface area contributed by atoms with Crippen molar-refractivity contribution in [1.29, 1.82) is 0 Å². The molecule has 0 heterocycles. The molecule has 0 aliphatic heterocycles. The Balaban J connectivity index is 1.95. The summed E-state index contributed by atoms with van der Waals surface area (Å²) in [6, 6.07) is 15.5. The number of hydrogen-bond acceptors (Lipinski definition) is 3. The highest BCUT2D eigenvalue weighted by atomic mass is 16.6. The molecule has 0 spiro atoms. The van der Waals surface area contributed by atoms with Gasteiger partial charge in [0, 0.05) is 23.9 Å². The molecule has 4 heteroatoms. The molecule has 1 atom stereocenters. The summed E-state index contributed by atoms with van der Waals surface area (Å²) in [5.74, 6) is 0.456. The second-order valence-electron chi connectivity index (χ2n) is 5.23. The highest BCUT2D eigenvalue weighted by Crippen LogP contribution is 2.25. The van der Waals surface area contributed by atoms with E-state index in [2.05, 4.69) is 24.4 Å². The lowest BCUT2D eigenvalue weighted by Crippen LogP contribution is -2.07. The minimum absolute atomic E-state index is 0.163. The van der Waals surface area contributed by atoms with E-state index in [4.69, 9.17) is 0 Å². The molecular weight excluding hydrogens is 264 g/mol. The third kappa shape index (κ3) is 3.81. The van der Waals surface area contributed by atoms with Crippen LogP contribution in [0.4, 0.5) is 11.4 Å². The molecule has 2 rings (SSSR count). The first-order valence-corrected chi connectivity index (χ1v) is 7.12. The van der Waals surface area contributed by atoms with Crippen molar-refractivity contribution in [3.8, 4) is 0 Å². The highest BCUT2D eigenvalue weighted by Gasteiger charge is 2.13. The largest absolute Gasteiger partial charge is 0.385 e. The van der Waals surface area contributed by atoms with E-state index in [0.29, 0.717) is 11.5 Å². The average Bonchev–Trinajstić information content (AvgIpc) is 2.49. The fraction of sp³-hybridized carbons (Fsp3) is 0.294. The van der Waals surface area contributed by atoms with Crippen molar-refractivity contribution >= 4 is 11.4 Å². The number of anilines is 1. The van der Waals surface area contributed by atoms with E-state index in [1.54, 1.807) is 13.0 Å². The number of nitrogens with one attached hydrogen (secondary N) is 1. The van der Waals surface area contributed by atoms with E-state index in [1.807, 2.05) is 24.3 Å². The van der Waals surface area contributed by atoms with Crippen LogP contribution in [-0.4, -0.2) is 11.5 Å². The topological polar surface area (TPSA) is 55.2 Å². The van der Waals surface area contributed by atoms with Crippen LogP contribution in [0, 0.1) is 17.0 Å². The first-order valence-electron chi connectivity index (χ1n) is 7.12. The molecule has 0 bridgehead atoms. The number of nitro groups is 1. The summed E-state index contributed by atoms with van der Waals surface area (Å²) in [7, 11) is 0.